The van der Waals surface area contributed by atoms with E-state index in [-0.39, 0.29) is 0 Å². The van der Waals surface area contributed by atoms with Crippen molar-refractivity contribution in [1.82, 2.24) is 0 Å². The molecule has 0 saturated heterocycles. The quantitative estimate of drug-likeness (QED) is 0.453. The minimum absolute atomic E-state index is 0.316. The van der Waals surface area contributed by atoms with Crippen LogP contribution in [0.2, 0.25) is 0 Å². The molecule has 1 heteroatoms. The minimum atomic E-state index is 0.316. The summed E-state index contributed by atoms with van der Waals surface area (Å²) in [4.78, 5) is 0. The molecule has 0 saturated carbocycles. The van der Waals surface area contributed by atoms with Crippen LogP contribution in [0.1, 0.15) is 47.0 Å². The maximum absolute atomic E-state index is 3.92. The maximum atomic E-state index is 3.92. The standard InChI is InChI=1S/C15H32N/c1-9-10-15(5,16(6,7)8)12-14(4)11-13(2)3/h9,13-14H,1,10-12H2,2-8H3/q+1. The van der Waals surface area contributed by atoms with Gasteiger partial charge in [-0.15, -0.1) is 6.58 Å². The third-order valence-electron chi connectivity index (χ3n) is 3.87. The molecule has 1 nitrogen and oxygen atoms in total. The van der Waals surface area contributed by atoms with E-state index in [4.69, 9.17) is 0 Å². The van der Waals surface area contributed by atoms with Gasteiger partial charge in [-0.2, -0.15) is 0 Å². The molecule has 0 fully saturated rings. The molecule has 0 amide bonds. The molecule has 96 valence electrons. The van der Waals surface area contributed by atoms with Gasteiger partial charge in [0, 0.05) is 12.8 Å². The highest BCUT2D eigenvalue weighted by atomic mass is 15.3. The van der Waals surface area contributed by atoms with E-state index in [1.54, 1.807) is 0 Å². The predicted molar refractivity (Wildman–Crippen MR) is 74.5 cm³/mol. The topological polar surface area (TPSA) is 0 Å². The average Bonchev–Trinajstić information content (AvgIpc) is 1.99. The van der Waals surface area contributed by atoms with Gasteiger partial charge in [-0.25, -0.2) is 0 Å². The van der Waals surface area contributed by atoms with E-state index in [1.165, 1.54) is 12.8 Å². The summed E-state index contributed by atoms with van der Waals surface area (Å²) in [5, 5.41) is 0. The fourth-order valence-corrected chi connectivity index (χ4v) is 2.58. The van der Waals surface area contributed by atoms with E-state index < -0.39 is 0 Å². The molecule has 2 unspecified atom stereocenters. The Kier molecular flexibility index (Phi) is 5.75. The van der Waals surface area contributed by atoms with E-state index in [2.05, 4.69) is 61.5 Å². The van der Waals surface area contributed by atoms with Gasteiger partial charge in [-0.3, -0.25) is 0 Å². The Bertz CT molecular complexity index is 212. The molecule has 16 heavy (non-hydrogen) atoms. The molecule has 0 radical (unpaired) electrons. The van der Waals surface area contributed by atoms with Crippen LogP contribution in [-0.2, 0) is 0 Å². The van der Waals surface area contributed by atoms with Crippen molar-refractivity contribution in [1.29, 1.82) is 0 Å². The Morgan fingerprint density at radius 3 is 2.00 bits per heavy atom. The smallest absolute Gasteiger partial charge is 0.0995 e. The Hall–Kier alpha value is -0.300. The molecule has 0 spiro atoms. The van der Waals surface area contributed by atoms with E-state index in [0.717, 1.165) is 22.7 Å². The summed E-state index contributed by atoms with van der Waals surface area (Å²) in [6, 6.07) is 0. The van der Waals surface area contributed by atoms with Crippen LogP contribution in [0.4, 0.5) is 0 Å². The van der Waals surface area contributed by atoms with Gasteiger partial charge in [-0.1, -0.05) is 26.8 Å². The zero-order valence-corrected chi connectivity index (χ0v) is 12.5. The van der Waals surface area contributed by atoms with E-state index in [1.807, 2.05) is 0 Å². The SMILES string of the molecule is C=CCC(C)(CC(C)CC(C)C)[N+](C)(C)C. The lowest BCUT2D eigenvalue weighted by Gasteiger charge is -2.45. The molecule has 0 aromatic heterocycles. The molecular weight excluding hydrogens is 194 g/mol. The summed E-state index contributed by atoms with van der Waals surface area (Å²) < 4.78 is 1.02. The monoisotopic (exact) mass is 226 g/mol. The third kappa shape index (κ3) is 4.69. The molecule has 0 bridgehead atoms. The summed E-state index contributed by atoms with van der Waals surface area (Å²) in [5.74, 6) is 1.60. The summed E-state index contributed by atoms with van der Waals surface area (Å²) in [7, 11) is 6.89. The first-order valence-corrected chi connectivity index (χ1v) is 6.55. The van der Waals surface area contributed by atoms with E-state index in [0.29, 0.717) is 5.54 Å². The van der Waals surface area contributed by atoms with Gasteiger partial charge >= 0.3 is 0 Å². The number of hydrogen-bond donors (Lipinski definition) is 0. The molecule has 0 aliphatic rings. The zero-order valence-electron chi connectivity index (χ0n) is 12.5. The Morgan fingerprint density at radius 2 is 1.69 bits per heavy atom. The van der Waals surface area contributed by atoms with Crippen LogP contribution in [0.25, 0.3) is 0 Å². The van der Waals surface area contributed by atoms with Crippen molar-refractivity contribution in [3.63, 3.8) is 0 Å². The van der Waals surface area contributed by atoms with Gasteiger partial charge in [0.2, 0.25) is 0 Å². The van der Waals surface area contributed by atoms with Crippen molar-refractivity contribution in [3.05, 3.63) is 12.7 Å². The number of rotatable bonds is 7. The largest absolute Gasteiger partial charge is 0.326 e. The first kappa shape index (κ1) is 15.7. The fourth-order valence-electron chi connectivity index (χ4n) is 2.58. The van der Waals surface area contributed by atoms with Crippen molar-refractivity contribution >= 4 is 0 Å². The van der Waals surface area contributed by atoms with Gasteiger partial charge < -0.3 is 4.48 Å². The molecule has 0 N–H and O–H groups in total. The first-order chi connectivity index (χ1) is 7.12. The molecule has 0 aromatic carbocycles. The predicted octanol–water partition coefficient (Wildman–Crippen LogP) is 4.10. The fraction of sp³-hybridized carbons (Fsp3) is 0.867. The average molecular weight is 226 g/mol. The minimum Gasteiger partial charge on any atom is -0.326 e. The van der Waals surface area contributed by atoms with E-state index in [9.17, 15) is 0 Å². The lowest BCUT2D eigenvalue weighted by molar-refractivity contribution is -0.922. The van der Waals surface area contributed by atoms with Crippen molar-refractivity contribution < 1.29 is 4.48 Å². The van der Waals surface area contributed by atoms with Crippen LogP contribution in [0.15, 0.2) is 12.7 Å². The van der Waals surface area contributed by atoms with Gasteiger partial charge in [-0.05, 0) is 25.2 Å². The molecule has 0 aliphatic carbocycles. The summed E-state index contributed by atoms with van der Waals surface area (Å²) >= 11 is 0. The van der Waals surface area contributed by atoms with Crippen molar-refractivity contribution in [2.45, 2.75) is 52.5 Å². The Balaban J connectivity index is 4.62. The summed E-state index contributed by atoms with van der Waals surface area (Å²) in [5.41, 5.74) is 0.316. The summed E-state index contributed by atoms with van der Waals surface area (Å²) in [6.45, 7) is 13.3. The molecule has 0 aliphatic heterocycles. The van der Waals surface area contributed by atoms with Gasteiger partial charge in [0.25, 0.3) is 0 Å². The van der Waals surface area contributed by atoms with Crippen molar-refractivity contribution in [2.24, 2.45) is 11.8 Å². The third-order valence-corrected chi connectivity index (χ3v) is 3.87. The van der Waals surface area contributed by atoms with Crippen LogP contribution >= 0.6 is 0 Å². The van der Waals surface area contributed by atoms with Crippen molar-refractivity contribution in [3.8, 4) is 0 Å². The van der Waals surface area contributed by atoms with Crippen LogP contribution in [0, 0.1) is 11.8 Å². The second-order valence-electron chi connectivity index (χ2n) is 6.94. The number of hydrogen-bond acceptors (Lipinski definition) is 0. The lowest BCUT2D eigenvalue weighted by atomic mass is 9.81. The van der Waals surface area contributed by atoms with Gasteiger partial charge in [0.15, 0.2) is 0 Å². The second-order valence-corrected chi connectivity index (χ2v) is 6.94. The number of nitrogens with zero attached hydrogens (tertiary/aromatic N) is 1. The normalized spacial score (nSPS) is 18.2. The Labute approximate surface area is 103 Å². The van der Waals surface area contributed by atoms with Crippen LogP contribution in [0.3, 0.4) is 0 Å². The first-order valence-electron chi connectivity index (χ1n) is 6.55. The molecule has 2 atom stereocenters. The van der Waals surface area contributed by atoms with E-state index >= 15 is 0 Å². The van der Waals surface area contributed by atoms with Gasteiger partial charge in [0.05, 0.1) is 26.7 Å². The molecular formula is C15H32N+. The lowest BCUT2D eigenvalue weighted by Crippen LogP contribution is -2.55. The summed E-state index contributed by atoms with van der Waals surface area (Å²) in [6.07, 6.45) is 5.78. The van der Waals surface area contributed by atoms with Crippen molar-refractivity contribution in [2.75, 3.05) is 21.1 Å². The maximum Gasteiger partial charge on any atom is 0.0995 e. The highest BCUT2D eigenvalue weighted by Gasteiger charge is 2.37. The number of quaternary nitrogens is 1. The molecule has 0 rings (SSSR count). The van der Waals surface area contributed by atoms with Crippen LogP contribution in [-0.4, -0.2) is 31.2 Å². The van der Waals surface area contributed by atoms with Crippen LogP contribution < -0.4 is 0 Å². The van der Waals surface area contributed by atoms with Gasteiger partial charge in [0.1, 0.15) is 0 Å². The second kappa shape index (κ2) is 5.86. The van der Waals surface area contributed by atoms with Crippen LogP contribution in [0.5, 0.6) is 0 Å². The Morgan fingerprint density at radius 1 is 1.19 bits per heavy atom. The molecule has 0 heterocycles. The highest BCUT2D eigenvalue weighted by Crippen LogP contribution is 2.32. The molecule has 0 aromatic rings. The highest BCUT2D eigenvalue weighted by molar-refractivity contribution is 4.86. The zero-order chi connectivity index (χ0) is 13.0.